The van der Waals surface area contributed by atoms with Crippen LogP contribution in [0.15, 0.2) is 53.1 Å². The molecule has 0 atom stereocenters. The lowest BCUT2D eigenvalue weighted by Crippen LogP contribution is -2.13. The van der Waals surface area contributed by atoms with Gasteiger partial charge in [0, 0.05) is 10.4 Å². The molecule has 0 aliphatic heterocycles. The number of aryl methyl sites for hydroxylation is 1. The number of ketones is 1. The van der Waals surface area contributed by atoms with E-state index in [4.69, 9.17) is 4.42 Å². The van der Waals surface area contributed by atoms with E-state index in [-0.39, 0.29) is 17.5 Å². The van der Waals surface area contributed by atoms with E-state index in [0.717, 1.165) is 10.4 Å². The summed E-state index contributed by atoms with van der Waals surface area (Å²) in [5.41, 5.74) is 2.03. The lowest BCUT2D eigenvalue weighted by atomic mass is 10.0. The topological polar surface area (TPSA) is 59.3 Å². The molecule has 4 nitrogen and oxygen atoms in total. The van der Waals surface area contributed by atoms with Crippen LogP contribution in [0.4, 0.5) is 5.00 Å². The Hall–Kier alpha value is -2.66. The highest BCUT2D eigenvalue weighted by molar-refractivity contribution is 7.16. The Bertz CT molecular complexity index is 848. The minimum absolute atomic E-state index is 0.0952. The molecule has 0 unspecified atom stereocenters. The van der Waals surface area contributed by atoms with E-state index in [2.05, 4.69) is 5.32 Å². The number of hydrogen-bond acceptors (Lipinski definition) is 4. The minimum atomic E-state index is -0.363. The van der Waals surface area contributed by atoms with Gasteiger partial charge in [-0.1, -0.05) is 30.3 Å². The van der Waals surface area contributed by atoms with Gasteiger partial charge in [-0.2, -0.15) is 0 Å². The first-order valence-corrected chi connectivity index (χ1v) is 7.94. The number of nitrogens with one attached hydrogen (secondary N) is 1. The molecule has 1 aromatic carbocycles. The molecule has 3 rings (SSSR count). The van der Waals surface area contributed by atoms with Crippen molar-refractivity contribution in [3.8, 4) is 0 Å². The first-order chi connectivity index (χ1) is 11.1. The minimum Gasteiger partial charge on any atom is -0.459 e. The van der Waals surface area contributed by atoms with Crippen LogP contribution in [0.5, 0.6) is 0 Å². The molecule has 0 bridgehead atoms. The summed E-state index contributed by atoms with van der Waals surface area (Å²) < 4.78 is 5.10. The number of hydrogen-bond donors (Lipinski definition) is 1. The van der Waals surface area contributed by atoms with Crippen molar-refractivity contribution in [2.75, 3.05) is 5.32 Å². The second kappa shape index (κ2) is 6.22. The third-order valence-corrected chi connectivity index (χ3v) is 4.74. The molecule has 2 heterocycles. The van der Waals surface area contributed by atoms with Crippen molar-refractivity contribution in [1.29, 1.82) is 0 Å². The highest BCUT2D eigenvalue weighted by Crippen LogP contribution is 2.34. The molecule has 1 N–H and O–H groups in total. The summed E-state index contributed by atoms with van der Waals surface area (Å²) in [5.74, 6) is -0.243. The van der Waals surface area contributed by atoms with E-state index in [9.17, 15) is 9.59 Å². The van der Waals surface area contributed by atoms with E-state index in [1.54, 1.807) is 24.3 Å². The van der Waals surface area contributed by atoms with Crippen LogP contribution >= 0.6 is 11.3 Å². The van der Waals surface area contributed by atoms with Gasteiger partial charge in [-0.3, -0.25) is 9.59 Å². The highest BCUT2D eigenvalue weighted by atomic mass is 32.1. The summed E-state index contributed by atoms with van der Waals surface area (Å²) >= 11 is 1.40. The van der Waals surface area contributed by atoms with Gasteiger partial charge < -0.3 is 9.73 Å². The lowest BCUT2D eigenvalue weighted by molar-refractivity contribution is 0.0997. The average molecular weight is 325 g/mol. The van der Waals surface area contributed by atoms with E-state index >= 15 is 0 Å². The highest BCUT2D eigenvalue weighted by Gasteiger charge is 2.22. The fourth-order valence-corrected chi connectivity index (χ4v) is 3.35. The molecule has 0 fully saturated rings. The summed E-state index contributed by atoms with van der Waals surface area (Å²) in [7, 11) is 0. The summed E-state index contributed by atoms with van der Waals surface area (Å²) in [5, 5.41) is 3.34. The quantitative estimate of drug-likeness (QED) is 0.721. The standard InChI is InChI=1S/C18H15NO3S/c1-11-12(2)23-18(19-17(21)14-9-6-10-22-14)15(11)16(20)13-7-4-3-5-8-13/h3-10H,1-2H3,(H,19,21). The third-order valence-electron chi connectivity index (χ3n) is 3.62. The first kappa shape index (κ1) is 15.2. The number of thiophene rings is 1. The Morgan fingerprint density at radius 3 is 2.43 bits per heavy atom. The van der Waals surface area contributed by atoms with Crippen molar-refractivity contribution in [1.82, 2.24) is 0 Å². The molecule has 0 spiro atoms. The second-order valence-electron chi connectivity index (χ2n) is 5.11. The van der Waals surface area contributed by atoms with Gasteiger partial charge in [0.2, 0.25) is 0 Å². The van der Waals surface area contributed by atoms with E-state index in [1.807, 2.05) is 32.0 Å². The number of anilines is 1. The first-order valence-electron chi connectivity index (χ1n) is 7.12. The van der Waals surface area contributed by atoms with Crippen LogP contribution in [0.2, 0.25) is 0 Å². The molecular weight excluding hydrogens is 310 g/mol. The number of furan rings is 1. The van der Waals surface area contributed by atoms with Gasteiger partial charge in [0.1, 0.15) is 5.00 Å². The van der Waals surface area contributed by atoms with Crippen LogP contribution in [-0.4, -0.2) is 11.7 Å². The smallest absolute Gasteiger partial charge is 0.291 e. The zero-order valence-electron chi connectivity index (χ0n) is 12.8. The van der Waals surface area contributed by atoms with E-state index in [1.165, 1.54) is 17.6 Å². The summed E-state index contributed by atoms with van der Waals surface area (Å²) in [6, 6.07) is 12.3. The van der Waals surface area contributed by atoms with Gasteiger partial charge in [0.15, 0.2) is 11.5 Å². The molecular formula is C18H15NO3S. The SMILES string of the molecule is Cc1sc(NC(=O)c2ccco2)c(C(=O)c2ccccc2)c1C. The average Bonchev–Trinajstić information content (AvgIpc) is 3.17. The fourth-order valence-electron chi connectivity index (χ4n) is 2.29. The Balaban J connectivity index is 1.97. The molecule has 0 aliphatic carbocycles. The Morgan fingerprint density at radius 1 is 1.04 bits per heavy atom. The maximum Gasteiger partial charge on any atom is 0.291 e. The fraction of sp³-hybridized carbons (Fsp3) is 0.111. The largest absolute Gasteiger partial charge is 0.459 e. The molecule has 3 aromatic rings. The maximum absolute atomic E-state index is 12.8. The lowest BCUT2D eigenvalue weighted by Gasteiger charge is -2.06. The third kappa shape index (κ3) is 2.96. The van der Waals surface area contributed by atoms with Crippen molar-refractivity contribution in [3.05, 3.63) is 76.1 Å². The van der Waals surface area contributed by atoms with Crippen LogP contribution in [0.25, 0.3) is 0 Å². The zero-order chi connectivity index (χ0) is 16.4. The van der Waals surface area contributed by atoms with Crippen molar-refractivity contribution in [3.63, 3.8) is 0 Å². The van der Waals surface area contributed by atoms with E-state index < -0.39 is 0 Å². The van der Waals surface area contributed by atoms with Gasteiger partial charge >= 0.3 is 0 Å². The molecule has 0 saturated heterocycles. The number of amides is 1. The number of benzene rings is 1. The number of carbonyl (C=O) groups excluding carboxylic acids is 2. The molecule has 1 amide bonds. The van der Waals surface area contributed by atoms with Crippen molar-refractivity contribution in [2.24, 2.45) is 0 Å². The second-order valence-corrected chi connectivity index (χ2v) is 6.34. The number of rotatable bonds is 4. The van der Waals surface area contributed by atoms with Crippen LogP contribution in [0, 0.1) is 13.8 Å². The predicted molar refractivity (Wildman–Crippen MR) is 90.3 cm³/mol. The van der Waals surface area contributed by atoms with Gasteiger partial charge in [0.25, 0.3) is 5.91 Å². The summed E-state index contributed by atoms with van der Waals surface area (Å²) in [6.45, 7) is 3.83. The molecule has 0 radical (unpaired) electrons. The molecule has 0 saturated carbocycles. The Morgan fingerprint density at radius 2 is 1.78 bits per heavy atom. The normalized spacial score (nSPS) is 10.5. The number of carbonyl (C=O) groups is 2. The molecule has 0 aliphatic rings. The predicted octanol–water partition coefficient (Wildman–Crippen LogP) is 4.44. The van der Waals surface area contributed by atoms with Crippen LogP contribution in [-0.2, 0) is 0 Å². The van der Waals surface area contributed by atoms with Crippen LogP contribution in [0.1, 0.15) is 36.9 Å². The van der Waals surface area contributed by atoms with Crippen molar-refractivity contribution >= 4 is 28.0 Å². The monoisotopic (exact) mass is 325 g/mol. The Kier molecular flexibility index (Phi) is 4.12. The van der Waals surface area contributed by atoms with Crippen molar-refractivity contribution < 1.29 is 14.0 Å². The van der Waals surface area contributed by atoms with Gasteiger partial charge in [0.05, 0.1) is 11.8 Å². The van der Waals surface area contributed by atoms with Gasteiger partial charge in [-0.15, -0.1) is 11.3 Å². The Labute approximate surface area is 137 Å². The summed E-state index contributed by atoms with van der Waals surface area (Å²) in [4.78, 5) is 26.0. The van der Waals surface area contributed by atoms with Gasteiger partial charge in [-0.25, -0.2) is 0 Å². The van der Waals surface area contributed by atoms with Crippen molar-refractivity contribution in [2.45, 2.75) is 13.8 Å². The molecule has 116 valence electrons. The van der Waals surface area contributed by atoms with E-state index in [0.29, 0.717) is 16.1 Å². The zero-order valence-corrected chi connectivity index (χ0v) is 13.6. The van der Waals surface area contributed by atoms with Crippen LogP contribution in [0.3, 0.4) is 0 Å². The maximum atomic E-state index is 12.8. The molecule has 23 heavy (non-hydrogen) atoms. The summed E-state index contributed by atoms with van der Waals surface area (Å²) in [6.07, 6.45) is 1.44. The van der Waals surface area contributed by atoms with Crippen LogP contribution < -0.4 is 5.32 Å². The van der Waals surface area contributed by atoms with Gasteiger partial charge in [-0.05, 0) is 31.5 Å². The molecule has 5 heteroatoms. The molecule has 2 aromatic heterocycles.